The van der Waals surface area contributed by atoms with Crippen molar-refractivity contribution in [2.75, 3.05) is 43.6 Å². The van der Waals surface area contributed by atoms with Gasteiger partial charge in [0.25, 0.3) is 0 Å². The fraction of sp³-hybridized carbons (Fsp3) is 0.286. The summed E-state index contributed by atoms with van der Waals surface area (Å²) < 4.78 is 25.8. The van der Waals surface area contributed by atoms with Crippen LogP contribution in [0.5, 0.6) is 11.5 Å². The van der Waals surface area contributed by atoms with E-state index in [2.05, 4.69) is 42.6 Å². The minimum atomic E-state index is -0.600. The normalized spacial score (nSPS) is 15.2. The molecule has 1 atom stereocenters. The summed E-state index contributed by atoms with van der Waals surface area (Å²) in [5.41, 5.74) is 2.31. The lowest BCUT2D eigenvalue weighted by Gasteiger charge is -2.38. The Kier molecular flexibility index (Phi) is 7.75. The highest BCUT2D eigenvalue weighted by Gasteiger charge is 2.22. The van der Waals surface area contributed by atoms with Gasteiger partial charge in [-0.1, -0.05) is 0 Å². The molecule has 0 aliphatic carbocycles. The Morgan fingerprint density at radius 3 is 2.82 bits per heavy atom. The van der Waals surface area contributed by atoms with Crippen LogP contribution in [0.15, 0.2) is 61.2 Å². The summed E-state index contributed by atoms with van der Waals surface area (Å²) in [5, 5.41) is 16.3. The molecule has 0 spiro atoms. The summed E-state index contributed by atoms with van der Waals surface area (Å²) in [4.78, 5) is 15.3. The zero-order valence-corrected chi connectivity index (χ0v) is 21.0. The SMILES string of the molecule is COc1cc2c(Nc3ccc(C#N)c(F)c3)ncnc2cc1OCCCC1CNCCN1c1ccncc1. The van der Waals surface area contributed by atoms with E-state index >= 15 is 0 Å². The van der Waals surface area contributed by atoms with Crippen molar-refractivity contribution in [3.8, 4) is 17.6 Å². The third kappa shape index (κ3) is 5.58. The van der Waals surface area contributed by atoms with Gasteiger partial charge in [0, 0.05) is 60.9 Å². The van der Waals surface area contributed by atoms with Crippen LogP contribution in [0.2, 0.25) is 0 Å². The lowest BCUT2D eigenvalue weighted by Crippen LogP contribution is -2.51. The Balaban J connectivity index is 1.27. The molecule has 2 aromatic heterocycles. The van der Waals surface area contributed by atoms with Crippen LogP contribution in [0.3, 0.4) is 0 Å². The topological polar surface area (TPSA) is 108 Å². The first kappa shape index (κ1) is 25.2. The minimum Gasteiger partial charge on any atom is -0.493 e. The van der Waals surface area contributed by atoms with E-state index in [4.69, 9.17) is 14.7 Å². The number of pyridine rings is 1. The molecule has 10 heteroatoms. The molecule has 2 N–H and O–H groups in total. The van der Waals surface area contributed by atoms with Gasteiger partial charge in [0.15, 0.2) is 11.5 Å². The molecule has 0 amide bonds. The maximum absolute atomic E-state index is 14.1. The van der Waals surface area contributed by atoms with Crippen molar-refractivity contribution in [2.45, 2.75) is 18.9 Å². The second-order valence-corrected chi connectivity index (χ2v) is 8.92. The highest BCUT2D eigenvalue weighted by Crippen LogP contribution is 2.35. The highest BCUT2D eigenvalue weighted by molar-refractivity contribution is 5.93. The summed E-state index contributed by atoms with van der Waals surface area (Å²) in [7, 11) is 1.58. The number of hydrogen-bond acceptors (Lipinski definition) is 9. The van der Waals surface area contributed by atoms with E-state index in [-0.39, 0.29) is 5.56 Å². The second-order valence-electron chi connectivity index (χ2n) is 8.92. The number of fused-ring (bicyclic) bond motifs is 1. The van der Waals surface area contributed by atoms with Gasteiger partial charge in [-0.15, -0.1) is 0 Å². The van der Waals surface area contributed by atoms with Gasteiger partial charge < -0.3 is 25.0 Å². The Morgan fingerprint density at radius 1 is 1.16 bits per heavy atom. The lowest BCUT2D eigenvalue weighted by molar-refractivity contribution is 0.279. The molecule has 0 radical (unpaired) electrons. The summed E-state index contributed by atoms with van der Waals surface area (Å²) in [6.45, 7) is 3.38. The molecule has 0 bridgehead atoms. The molecule has 9 nitrogen and oxygen atoms in total. The Labute approximate surface area is 220 Å². The van der Waals surface area contributed by atoms with E-state index in [1.807, 2.05) is 30.6 Å². The van der Waals surface area contributed by atoms with Gasteiger partial charge in [0.05, 0.1) is 24.8 Å². The van der Waals surface area contributed by atoms with Gasteiger partial charge in [0.2, 0.25) is 0 Å². The number of methoxy groups -OCH3 is 1. The van der Waals surface area contributed by atoms with Crippen LogP contribution in [0, 0.1) is 17.1 Å². The van der Waals surface area contributed by atoms with Crippen molar-refractivity contribution in [3.63, 3.8) is 0 Å². The van der Waals surface area contributed by atoms with Crippen molar-refractivity contribution in [1.82, 2.24) is 20.3 Å². The molecule has 1 aliphatic heterocycles. The number of nitrogens with one attached hydrogen (secondary N) is 2. The number of aromatic nitrogens is 3. The molecular formula is C28H28FN7O2. The van der Waals surface area contributed by atoms with Gasteiger partial charge in [-0.05, 0) is 49.2 Å². The Bertz CT molecular complexity index is 1440. The number of benzene rings is 2. The van der Waals surface area contributed by atoms with Crippen LogP contribution in [0.4, 0.5) is 21.6 Å². The Morgan fingerprint density at radius 2 is 2.03 bits per heavy atom. The summed E-state index contributed by atoms with van der Waals surface area (Å²) in [6.07, 6.45) is 6.94. The van der Waals surface area contributed by atoms with Gasteiger partial charge in [-0.3, -0.25) is 4.98 Å². The fourth-order valence-corrected chi connectivity index (χ4v) is 4.65. The molecule has 1 aliphatic rings. The summed E-state index contributed by atoms with van der Waals surface area (Å²) in [5.74, 6) is 1.04. The summed E-state index contributed by atoms with van der Waals surface area (Å²) >= 11 is 0. The van der Waals surface area contributed by atoms with Gasteiger partial charge in [-0.2, -0.15) is 5.26 Å². The second kappa shape index (κ2) is 11.7. The van der Waals surface area contributed by atoms with Crippen LogP contribution in [-0.2, 0) is 0 Å². The number of rotatable bonds is 9. The molecule has 194 valence electrons. The van der Waals surface area contributed by atoms with Gasteiger partial charge >= 0.3 is 0 Å². The van der Waals surface area contributed by atoms with E-state index in [0.717, 1.165) is 32.5 Å². The molecule has 3 heterocycles. The quantitative estimate of drug-likeness (QED) is 0.314. The van der Waals surface area contributed by atoms with Crippen LogP contribution in [0.1, 0.15) is 18.4 Å². The van der Waals surface area contributed by atoms with E-state index in [1.54, 1.807) is 13.2 Å². The molecule has 1 unspecified atom stereocenters. The monoisotopic (exact) mass is 513 g/mol. The largest absolute Gasteiger partial charge is 0.493 e. The highest BCUT2D eigenvalue weighted by atomic mass is 19.1. The third-order valence-electron chi connectivity index (χ3n) is 6.56. The van der Waals surface area contributed by atoms with E-state index in [0.29, 0.717) is 46.6 Å². The molecule has 0 saturated carbocycles. The number of anilines is 3. The number of nitrogens with zero attached hydrogens (tertiary/aromatic N) is 5. The van der Waals surface area contributed by atoms with Gasteiger partial charge in [-0.25, -0.2) is 14.4 Å². The first-order valence-corrected chi connectivity index (χ1v) is 12.5. The standard InChI is InChI=1S/C28H28FN7O2/c1-37-26-14-23-25(33-18-34-28(23)35-20-5-4-19(16-30)24(29)13-20)15-27(26)38-12-2-3-22-17-32-10-11-36(22)21-6-8-31-9-7-21/h4-9,13-15,18,22,32H,2-3,10-12,17H2,1H3,(H,33,34,35). The summed E-state index contributed by atoms with van der Waals surface area (Å²) in [6, 6.07) is 14.3. The lowest BCUT2D eigenvalue weighted by atomic mass is 10.1. The minimum absolute atomic E-state index is 0.0172. The van der Waals surface area contributed by atoms with Crippen molar-refractivity contribution >= 4 is 28.1 Å². The van der Waals surface area contributed by atoms with Crippen LogP contribution in [0.25, 0.3) is 10.9 Å². The smallest absolute Gasteiger partial charge is 0.163 e. The maximum Gasteiger partial charge on any atom is 0.163 e. The zero-order valence-electron chi connectivity index (χ0n) is 21.0. The average molecular weight is 514 g/mol. The molecule has 4 aromatic rings. The predicted octanol–water partition coefficient (Wildman–Crippen LogP) is 4.43. The number of hydrogen-bond donors (Lipinski definition) is 2. The molecule has 2 aromatic carbocycles. The molecular weight excluding hydrogens is 485 g/mol. The van der Waals surface area contributed by atoms with E-state index in [9.17, 15) is 4.39 Å². The number of piperazine rings is 1. The van der Waals surface area contributed by atoms with Gasteiger partial charge in [0.1, 0.15) is 24.0 Å². The van der Waals surface area contributed by atoms with Crippen molar-refractivity contribution in [2.24, 2.45) is 0 Å². The van der Waals surface area contributed by atoms with Crippen molar-refractivity contribution in [1.29, 1.82) is 5.26 Å². The first-order chi connectivity index (χ1) is 18.7. The number of ether oxygens (including phenoxy) is 2. The number of halogens is 1. The van der Waals surface area contributed by atoms with E-state index < -0.39 is 5.82 Å². The molecule has 1 fully saturated rings. The third-order valence-corrected chi connectivity index (χ3v) is 6.56. The first-order valence-electron chi connectivity index (χ1n) is 12.5. The maximum atomic E-state index is 14.1. The zero-order chi connectivity index (χ0) is 26.3. The number of nitriles is 1. The molecule has 5 rings (SSSR count). The Hall–Kier alpha value is -4.49. The van der Waals surface area contributed by atoms with Crippen molar-refractivity contribution < 1.29 is 13.9 Å². The van der Waals surface area contributed by atoms with E-state index in [1.165, 1.54) is 24.1 Å². The fourth-order valence-electron chi connectivity index (χ4n) is 4.65. The van der Waals surface area contributed by atoms with Crippen LogP contribution < -0.4 is 25.0 Å². The predicted molar refractivity (Wildman–Crippen MR) is 143 cm³/mol. The van der Waals surface area contributed by atoms with Crippen LogP contribution in [-0.4, -0.2) is 54.3 Å². The van der Waals surface area contributed by atoms with Crippen molar-refractivity contribution in [3.05, 3.63) is 72.6 Å². The van der Waals surface area contributed by atoms with Crippen LogP contribution >= 0.6 is 0 Å². The molecule has 1 saturated heterocycles. The average Bonchev–Trinajstić information content (AvgIpc) is 2.96. The molecule has 38 heavy (non-hydrogen) atoms.